The first kappa shape index (κ1) is 17.6. The molecule has 4 rings (SSSR count). The SMILES string of the molecule is CCN1CCN(S(=O)(=O)c2cnc3onc(-c4ccccc4)c3c2)CC1=O. The summed E-state index contributed by atoms with van der Waals surface area (Å²) in [7, 11) is -3.84. The van der Waals surface area contributed by atoms with Crippen molar-refractivity contribution in [3.05, 3.63) is 42.6 Å². The van der Waals surface area contributed by atoms with E-state index in [0.29, 0.717) is 24.2 Å². The van der Waals surface area contributed by atoms with Gasteiger partial charge in [-0.3, -0.25) is 4.79 Å². The van der Waals surface area contributed by atoms with Crippen LogP contribution in [0.15, 0.2) is 52.0 Å². The Bertz CT molecular complexity index is 1100. The van der Waals surface area contributed by atoms with Crippen LogP contribution in [0.3, 0.4) is 0 Å². The number of piperazine rings is 1. The van der Waals surface area contributed by atoms with Crippen LogP contribution in [-0.2, 0) is 14.8 Å². The number of hydrogen-bond donors (Lipinski definition) is 0. The summed E-state index contributed by atoms with van der Waals surface area (Å²) in [6, 6.07) is 10.8. The predicted molar refractivity (Wildman–Crippen MR) is 98.3 cm³/mol. The number of hydrogen-bond acceptors (Lipinski definition) is 6. The molecule has 1 saturated heterocycles. The molecule has 27 heavy (non-hydrogen) atoms. The Hall–Kier alpha value is -2.78. The normalized spacial score (nSPS) is 16.2. The highest BCUT2D eigenvalue weighted by Crippen LogP contribution is 2.29. The second kappa shape index (κ2) is 6.75. The zero-order valence-corrected chi connectivity index (χ0v) is 15.5. The predicted octanol–water partition coefficient (Wildman–Crippen LogP) is 1.74. The zero-order chi connectivity index (χ0) is 19.0. The maximum Gasteiger partial charge on any atom is 0.258 e. The molecule has 9 heteroatoms. The maximum absolute atomic E-state index is 13.0. The van der Waals surface area contributed by atoms with E-state index in [1.807, 2.05) is 37.3 Å². The van der Waals surface area contributed by atoms with Crippen LogP contribution in [0.4, 0.5) is 0 Å². The lowest BCUT2D eigenvalue weighted by molar-refractivity contribution is -0.133. The topological polar surface area (TPSA) is 96.6 Å². The molecule has 3 heterocycles. The van der Waals surface area contributed by atoms with Gasteiger partial charge in [0.15, 0.2) is 0 Å². The quantitative estimate of drug-likeness (QED) is 0.678. The molecule has 0 N–H and O–H groups in total. The van der Waals surface area contributed by atoms with E-state index in [0.717, 1.165) is 5.56 Å². The minimum absolute atomic E-state index is 0.0214. The highest BCUT2D eigenvalue weighted by molar-refractivity contribution is 7.89. The fourth-order valence-corrected chi connectivity index (χ4v) is 4.49. The van der Waals surface area contributed by atoms with Gasteiger partial charge in [0.1, 0.15) is 10.6 Å². The van der Waals surface area contributed by atoms with Crippen molar-refractivity contribution >= 4 is 27.0 Å². The first-order valence-corrected chi connectivity index (χ1v) is 10.0. The Balaban J connectivity index is 1.72. The molecule has 0 spiro atoms. The second-order valence-corrected chi connectivity index (χ2v) is 8.17. The minimum Gasteiger partial charge on any atom is -0.341 e. The van der Waals surface area contributed by atoms with Gasteiger partial charge in [-0.05, 0) is 13.0 Å². The van der Waals surface area contributed by atoms with Crippen LogP contribution in [0, 0.1) is 0 Å². The van der Waals surface area contributed by atoms with Gasteiger partial charge in [0, 0.05) is 25.2 Å². The zero-order valence-electron chi connectivity index (χ0n) is 14.7. The van der Waals surface area contributed by atoms with Crippen LogP contribution >= 0.6 is 0 Å². The summed E-state index contributed by atoms with van der Waals surface area (Å²) in [6.07, 6.45) is 1.24. The monoisotopic (exact) mass is 386 g/mol. The number of benzene rings is 1. The lowest BCUT2D eigenvalue weighted by Gasteiger charge is -2.32. The van der Waals surface area contributed by atoms with E-state index in [-0.39, 0.29) is 29.6 Å². The molecule has 0 unspecified atom stereocenters. The highest BCUT2D eigenvalue weighted by Gasteiger charge is 2.33. The van der Waals surface area contributed by atoms with Crippen LogP contribution in [0.5, 0.6) is 0 Å². The summed E-state index contributed by atoms with van der Waals surface area (Å²) < 4.78 is 32.4. The summed E-state index contributed by atoms with van der Waals surface area (Å²) in [5.41, 5.74) is 1.60. The maximum atomic E-state index is 13.0. The van der Waals surface area contributed by atoms with Crippen molar-refractivity contribution in [1.29, 1.82) is 0 Å². The van der Waals surface area contributed by atoms with Gasteiger partial charge in [0.25, 0.3) is 5.71 Å². The van der Waals surface area contributed by atoms with E-state index in [4.69, 9.17) is 4.52 Å². The molecule has 1 amide bonds. The lowest BCUT2D eigenvalue weighted by atomic mass is 10.1. The highest BCUT2D eigenvalue weighted by atomic mass is 32.2. The molecular formula is C18H18N4O4S. The number of amides is 1. The smallest absolute Gasteiger partial charge is 0.258 e. The van der Waals surface area contributed by atoms with Gasteiger partial charge in [-0.2, -0.15) is 4.31 Å². The fraction of sp³-hybridized carbons (Fsp3) is 0.278. The molecule has 3 aromatic rings. The Morgan fingerprint density at radius 1 is 1.19 bits per heavy atom. The number of rotatable bonds is 4. The standard InChI is InChI=1S/C18H18N4O4S/c1-2-21-8-9-22(12-16(21)23)27(24,25)14-10-15-17(13-6-4-3-5-7-13)20-26-18(15)19-11-14/h3-7,10-11H,2,8-9,12H2,1H3. The number of carbonyl (C=O) groups is 1. The van der Waals surface area contributed by atoms with Gasteiger partial charge >= 0.3 is 0 Å². The van der Waals surface area contributed by atoms with Crippen molar-refractivity contribution in [2.45, 2.75) is 11.8 Å². The molecule has 1 fully saturated rings. The number of aromatic nitrogens is 2. The summed E-state index contributed by atoms with van der Waals surface area (Å²) in [6.45, 7) is 2.92. The lowest BCUT2D eigenvalue weighted by Crippen LogP contribution is -2.51. The summed E-state index contributed by atoms with van der Waals surface area (Å²) in [5, 5.41) is 4.54. The number of likely N-dealkylation sites (N-methyl/N-ethyl adjacent to an activating group) is 1. The van der Waals surface area contributed by atoms with Crippen LogP contribution in [0.2, 0.25) is 0 Å². The molecule has 8 nitrogen and oxygen atoms in total. The van der Waals surface area contributed by atoms with Crippen molar-refractivity contribution < 1.29 is 17.7 Å². The van der Waals surface area contributed by atoms with Crippen LogP contribution < -0.4 is 0 Å². The van der Waals surface area contributed by atoms with E-state index in [9.17, 15) is 13.2 Å². The van der Waals surface area contributed by atoms with Crippen molar-refractivity contribution in [2.24, 2.45) is 0 Å². The van der Waals surface area contributed by atoms with E-state index in [2.05, 4.69) is 10.1 Å². The van der Waals surface area contributed by atoms with E-state index >= 15 is 0 Å². The summed E-state index contributed by atoms with van der Waals surface area (Å²) in [4.78, 5) is 17.9. The van der Waals surface area contributed by atoms with Crippen molar-refractivity contribution in [3.8, 4) is 11.3 Å². The number of sulfonamides is 1. The Labute approximate surface area is 156 Å². The van der Waals surface area contributed by atoms with E-state index in [1.165, 1.54) is 16.6 Å². The average molecular weight is 386 g/mol. The summed E-state index contributed by atoms with van der Waals surface area (Å²) in [5.74, 6) is -0.198. The van der Waals surface area contributed by atoms with E-state index in [1.54, 1.807) is 4.90 Å². The van der Waals surface area contributed by atoms with Crippen molar-refractivity contribution in [1.82, 2.24) is 19.3 Å². The number of pyridine rings is 1. The number of nitrogens with zero attached hydrogens (tertiary/aromatic N) is 4. The van der Waals surface area contributed by atoms with Gasteiger partial charge in [0.2, 0.25) is 15.9 Å². The molecule has 1 aromatic carbocycles. The molecule has 1 aliphatic rings. The molecule has 0 aliphatic carbocycles. The van der Waals surface area contributed by atoms with Gasteiger partial charge < -0.3 is 9.42 Å². The third-order valence-electron chi connectivity index (χ3n) is 4.65. The molecule has 0 saturated carbocycles. The van der Waals surface area contributed by atoms with Gasteiger partial charge in [-0.15, -0.1) is 0 Å². The third-order valence-corrected chi connectivity index (χ3v) is 6.47. The molecule has 140 valence electrons. The van der Waals surface area contributed by atoms with E-state index < -0.39 is 10.0 Å². The Kier molecular flexibility index (Phi) is 4.40. The number of fused-ring (bicyclic) bond motifs is 1. The van der Waals surface area contributed by atoms with Gasteiger partial charge in [-0.1, -0.05) is 35.5 Å². The summed E-state index contributed by atoms with van der Waals surface area (Å²) >= 11 is 0. The van der Waals surface area contributed by atoms with Crippen LogP contribution in [0.25, 0.3) is 22.4 Å². The largest absolute Gasteiger partial charge is 0.341 e. The molecule has 2 aromatic heterocycles. The Morgan fingerprint density at radius 2 is 1.96 bits per heavy atom. The second-order valence-electron chi connectivity index (χ2n) is 6.23. The van der Waals surface area contributed by atoms with Crippen molar-refractivity contribution in [2.75, 3.05) is 26.2 Å². The Morgan fingerprint density at radius 3 is 2.67 bits per heavy atom. The molecule has 0 radical (unpaired) electrons. The van der Waals surface area contributed by atoms with Crippen molar-refractivity contribution in [3.63, 3.8) is 0 Å². The van der Waals surface area contributed by atoms with Crippen LogP contribution in [0.1, 0.15) is 6.92 Å². The first-order chi connectivity index (χ1) is 13.0. The molecule has 0 bridgehead atoms. The molecule has 1 aliphatic heterocycles. The third kappa shape index (κ3) is 3.08. The van der Waals surface area contributed by atoms with Crippen LogP contribution in [-0.4, -0.2) is 59.8 Å². The minimum atomic E-state index is -3.84. The molecule has 0 atom stereocenters. The first-order valence-electron chi connectivity index (χ1n) is 8.59. The van der Waals surface area contributed by atoms with Gasteiger partial charge in [0.05, 0.1) is 18.1 Å². The van der Waals surface area contributed by atoms with Gasteiger partial charge in [-0.25, -0.2) is 13.4 Å². The fourth-order valence-electron chi connectivity index (χ4n) is 3.13. The number of carbonyl (C=O) groups excluding carboxylic acids is 1. The average Bonchev–Trinajstić information content (AvgIpc) is 3.12. The molecular weight excluding hydrogens is 368 g/mol.